The molecule has 2 rings (SSSR count). The van der Waals surface area contributed by atoms with E-state index >= 15 is 0 Å². The Kier molecular flexibility index (Phi) is 3.15. The van der Waals surface area contributed by atoms with E-state index in [2.05, 4.69) is 16.8 Å². The van der Waals surface area contributed by atoms with Gasteiger partial charge in [0, 0.05) is 24.2 Å². The fraction of sp³-hybridized carbons (Fsp3) is 0.700. The first kappa shape index (κ1) is 10.1. The van der Waals surface area contributed by atoms with E-state index in [-0.39, 0.29) is 6.61 Å². The monoisotopic (exact) mass is 212 g/mol. The standard InChI is InChI=1S/C10H16N2OS/c1-8(10-11-4-7-14-10)12(5-6-13)9-2-3-9/h4,7-9,13H,2-3,5-6H2,1H3/t8-/m0/s1. The highest BCUT2D eigenvalue weighted by molar-refractivity contribution is 7.09. The second-order valence-electron chi connectivity index (χ2n) is 3.74. The first-order valence-corrected chi connectivity index (χ1v) is 5.97. The molecule has 0 saturated heterocycles. The van der Waals surface area contributed by atoms with Crippen molar-refractivity contribution in [1.82, 2.24) is 9.88 Å². The zero-order valence-electron chi connectivity index (χ0n) is 8.39. The van der Waals surface area contributed by atoms with E-state index in [9.17, 15) is 0 Å². The summed E-state index contributed by atoms with van der Waals surface area (Å²) in [6, 6.07) is 1.04. The van der Waals surface area contributed by atoms with Crippen LogP contribution in [0.2, 0.25) is 0 Å². The van der Waals surface area contributed by atoms with Gasteiger partial charge in [0.15, 0.2) is 0 Å². The van der Waals surface area contributed by atoms with Crippen LogP contribution in [0.15, 0.2) is 11.6 Å². The highest BCUT2D eigenvalue weighted by Gasteiger charge is 2.32. The van der Waals surface area contributed by atoms with Crippen molar-refractivity contribution in [2.24, 2.45) is 0 Å². The first-order valence-electron chi connectivity index (χ1n) is 5.09. The largest absolute Gasteiger partial charge is 0.395 e. The third kappa shape index (κ3) is 2.13. The number of thiazole rings is 1. The van der Waals surface area contributed by atoms with Crippen LogP contribution in [0.5, 0.6) is 0 Å². The average molecular weight is 212 g/mol. The number of nitrogens with zero attached hydrogens (tertiary/aromatic N) is 2. The van der Waals surface area contributed by atoms with Gasteiger partial charge in [-0.2, -0.15) is 0 Å². The molecule has 0 bridgehead atoms. The lowest BCUT2D eigenvalue weighted by molar-refractivity contribution is 0.150. The predicted octanol–water partition coefficient (Wildman–Crippen LogP) is 1.66. The molecule has 1 aromatic heterocycles. The smallest absolute Gasteiger partial charge is 0.109 e. The Bertz CT molecular complexity index is 272. The summed E-state index contributed by atoms with van der Waals surface area (Å²) in [6.45, 7) is 3.18. The quantitative estimate of drug-likeness (QED) is 0.806. The molecule has 1 aliphatic rings. The highest BCUT2D eigenvalue weighted by Crippen LogP contribution is 2.34. The van der Waals surface area contributed by atoms with Crippen LogP contribution in [0.25, 0.3) is 0 Å². The Morgan fingerprint density at radius 1 is 1.71 bits per heavy atom. The van der Waals surface area contributed by atoms with Crippen LogP contribution in [-0.2, 0) is 0 Å². The lowest BCUT2D eigenvalue weighted by Crippen LogP contribution is -2.31. The Balaban J connectivity index is 2.02. The van der Waals surface area contributed by atoms with Crippen molar-refractivity contribution in [3.63, 3.8) is 0 Å². The molecular formula is C10H16N2OS. The van der Waals surface area contributed by atoms with Gasteiger partial charge < -0.3 is 5.11 Å². The molecule has 1 fully saturated rings. The van der Waals surface area contributed by atoms with E-state index in [0.717, 1.165) is 11.6 Å². The van der Waals surface area contributed by atoms with Gasteiger partial charge in [0.1, 0.15) is 5.01 Å². The van der Waals surface area contributed by atoms with Gasteiger partial charge in [-0.15, -0.1) is 11.3 Å². The Morgan fingerprint density at radius 3 is 3.00 bits per heavy atom. The maximum atomic E-state index is 9.00. The highest BCUT2D eigenvalue weighted by atomic mass is 32.1. The average Bonchev–Trinajstić information content (AvgIpc) is 2.88. The van der Waals surface area contributed by atoms with Crippen LogP contribution in [0, 0.1) is 0 Å². The lowest BCUT2D eigenvalue weighted by Gasteiger charge is -2.26. The van der Waals surface area contributed by atoms with Gasteiger partial charge in [-0.05, 0) is 19.8 Å². The number of hydrogen-bond acceptors (Lipinski definition) is 4. The first-order chi connectivity index (χ1) is 6.83. The summed E-state index contributed by atoms with van der Waals surface area (Å²) >= 11 is 1.70. The van der Waals surface area contributed by atoms with Gasteiger partial charge in [0.25, 0.3) is 0 Å². The number of rotatable bonds is 5. The molecule has 0 spiro atoms. The molecule has 0 radical (unpaired) electrons. The van der Waals surface area contributed by atoms with Gasteiger partial charge >= 0.3 is 0 Å². The summed E-state index contributed by atoms with van der Waals surface area (Å²) in [5.41, 5.74) is 0. The maximum absolute atomic E-state index is 9.00. The van der Waals surface area contributed by atoms with Gasteiger partial charge in [-0.25, -0.2) is 4.98 Å². The Morgan fingerprint density at radius 2 is 2.50 bits per heavy atom. The third-order valence-electron chi connectivity index (χ3n) is 2.68. The van der Waals surface area contributed by atoms with Crippen LogP contribution in [-0.4, -0.2) is 34.2 Å². The summed E-state index contributed by atoms with van der Waals surface area (Å²) < 4.78 is 0. The molecule has 0 unspecified atom stereocenters. The third-order valence-corrected chi connectivity index (χ3v) is 3.63. The fourth-order valence-electron chi connectivity index (χ4n) is 1.80. The summed E-state index contributed by atoms with van der Waals surface area (Å²) in [6.07, 6.45) is 4.39. The summed E-state index contributed by atoms with van der Waals surface area (Å²) in [4.78, 5) is 6.68. The molecule has 1 atom stereocenters. The molecule has 3 nitrogen and oxygen atoms in total. The predicted molar refractivity (Wildman–Crippen MR) is 57.3 cm³/mol. The van der Waals surface area contributed by atoms with Gasteiger partial charge in [0.05, 0.1) is 12.6 Å². The van der Waals surface area contributed by atoms with Crippen molar-refractivity contribution < 1.29 is 5.11 Å². The van der Waals surface area contributed by atoms with E-state index in [1.807, 2.05) is 11.6 Å². The van der Waals surface area contributed by atoms with E-state index in [1.165, 1.54) is 12.8 Å². The maximum Gasteiger partial charge on any atom is 0.109 e. The molecule has 1 aromatic rings. The molecule has 78 valence electrons. The molecule has 1 saturated carbocycles. The number of aromatic nitrogens is 1. The summed E-state index contributed by atoms with van der Waals surface area (Å²) in [7, 11) is 0. The van der Waals surface area contributed by atoms with Crippen LogP contribution in [0.1, 0.15) is 30.8 Å². The van der Waals surface area contributed by atoms with Crippen molar-refractivity contribution in [2.45, 2.75) is 31.8 Å². The van der Waals surface area contributed by atoms with Crippen molar-refractivity contribution in [3.8, 4) is 0 Å². The molecule has 1 aliphatic carbocycles. The minimum Gasteiger partial charge on any atom is -0.395 e. The molecule has 4 heteroatoms. The van der Waals surface area contributed by atoms with Crippen LogP contribution in [0.4, 0.5) is 0 Å². The molecule has 1 N–H and O–H groups in total. The molecule has 0 amide bonds. The minimum absolute atomic E-state index is 0.242. The van der Waals surface area contributed by atoms with E-state index < -0.39 is 0 Å². The Labute approximate surface area is 88.4 Å². The second-order valence-corrected chi connectivity index (χ2v) is 4.67. The zero-order valence-corrected chi connectivity index (χ0v) is 9.20. The van der Waals surface area contributed by atoms with Gasteiger partial charge in [-0.1, -0.05) is 0 Å². The Hall–Kier alpha value is -0.450. The molecule has 0 aliphatic heterocycles. The number of hydrogen-bond donors (Lipinski definition) is 1. The summed E-state index contributed by atoms with van der Waals surface area (Å²) in [5, 5.41) is 12.2. The van der Waals surface area contributed by atoms with Crippen molar-refractivity contribution in [2.75, 3.05) is 13.2 Å². The SMILES string of the molecule is C[C@@H](c1nccs1)N(CCO)C1CC1. The fourth-order valence-corrected chi connectivity index (χ4v) is 2.51. The minimum atomic E-state index is 0.242. The van der Waals surface area contributed by atoms with Crippen molar-refractivity contribution >= 4 is 11.3 Å². The molecule has 14 heavy (non-hydrogen) atoms. The van der Waals surface area contributed by atoms with E-state index in [1.54, 1.807) is 11.3 Å². The molecule has 1 heterocycles. The van der Waals surface area contributed by atoms with Crippen molar-refractivity contribution in [1.29, 1.82) is 0 Å². The van der Waals surface area contributed by atoms with E-state index in [0.29, 0.717) is 12.1 Å². The summed E-state index contributed by atoms with van der Waals surface area (Å²) in [5.74, 6) is 0. The normalized spacial score (nSPS) is 18.8. The topological polar surface area (TPSA) is 36.4 Å². The zero-order chi connectivity index (χ0) is 9.97. The molecular weight excluding hydrogens is 196 g/mol. The van der Waals surface area contributed by atoms with Crippen LogP contribution >= 0.6 is 11.3 Å². The lowest BCUT2D eigenvalue weighted by atomic mass is 10.3. The number of aliphatic hydroxyl groups excluding tert-OH is 1. The van der Waals surface area contributed by atoms with Gasteiger partial charge in [-0.3, -0.25) is 4.90 Å². The number of aliphatic hydroxyl groups is 1. The van der Waals surface area contributed by atoms with Gasteiger partial charge in [0.2, 0.25) is 0 Å². The van der Waals surface area contributed by atoms with Crippen LogP contribution < -0.4 is 0 Å². The van der Waals surface area contributed by atoms with Crippen molar-refractivity contribution in [3.05, 3.63) is 16.6 Å². The second kappa shape index (κ2) is 4.38. The van der Waals surface area contributed by atoms with Crippen LogP contribution in [0.3, 0.4) is 0 Å². The van der Waals surface area contributed by atoms with E-state index in [4.69, 9.17) is 5.11 Å². The molecule has 0 aromatic carbocycles.